The van der Waals surface area contributed by atoms with Crippen LogP contribution in [0.3, 0.4) is 0 Å². The predicted octanol–water partition coefficient (Wildman–Crippen LogP) is 1.76. The summed E-state index contributed by atoms with van der Waals surface area (Å²) in [6, 6.07) is 0. The number of aromatic nitrogens is 2. The van der Waals surface area contributed by atoms with E-state index in [0.29, 0.717) is 12.0 Å². The molecule has 1 aliphatic heterocycles. The van der Waals surface area contributed by atoms with Crippen LogP contribution in [0.4, 0.5) is 4.39 Å². The summed E-state index contributed by atoms with van der Waals surface area (Å²) in [4.78, 5) is 25.1. The Bertz CT molecular complexity index is 552. The highest BCUT2D eigenvalue weighted by atomic mass is 19.1. The number of aryl methyl sites for hydroxylation is 1. The second kappa shape index (κ2) is 5.69. The van der Waals surface area contributed by atoms with Crippen molar-refractivity contribution in [2.45, 2.75) is 53.1 Å². The molecule has 108 valence electrons. The van der Waals surface area contributed by atoms with E-state index in [0.717, 1.165) is 4.57 Å². The number of H-pyrrole nitrogens is 1. The molecule has 19 heavy (non-hydrogen) atoms. The summed E-state index contributed by atoms with van der Waals surface area (Å²) >= 11 is 0. The summed E-state index contributed by atoms with van der Waals surface area (Å²) < 4.78 is 20.8. The van der Waals surface area contributed by atoms with Crippen molar-refractivity contribution < 1.29 is 9.13 Å². The van der Waals surface area contributed by atoms with Gasteiger partial charge in [0.25, 0.3) is 5.56 Å². The molecule has 1 saturated heterocycles. The smallest absolute Gasteiger partial charge is 0.330 e. The fraction of sp³-hybridized carbons (Fsp3) is 0.692. The lowest BCUT2D eigenvalue weighted by atomic mass is 10.00. The third kappa shape index (κ3) is 2.63. The van der Waals surface area contributed by atoms with Crippen molar-refractivity contribution in [3.63, 3.8) is 0 Å². The van der Waals surface area contributed by atoms with Gasteiger partial charge in [0.1, 0.15) is 0 Å². The number of nitrogens with one attached hydrogen (secondary N) is 1. The van der Waals surface area contributed by atoms with Crippen LogP contribution in [0.15, 0.2) is 15.8 Å². The van der Waals surface area contributed by atoms with Crippen LogP contribution < -0.4 is 11.2 Å². The maximum atomic E-state index is 14.1. The standard InChI is InChI=1S/C12H17FN2O3.CH4/c1-4-8-7(3)9(13)11(18-8)15-5-6(2)10(16)14-12(15)17;/h5,7-9,11H,4H2,1-3H3,(H,14,16,17);1H4. The zero-order valence-electron chi connectivity index (χ0n) is 10.6. The topological polar surface area (TPSA) is 64.1 Å². The molecular weight excluding hydrogens is 251 g/mol. The molecule has 4 atom stereocenters. The van der Waals surface area contributed by atoms with Crippen molar-refractivity contribution >= 4 is 0 Å². The van der Waals surface area contributed by atoms with Crippen LogP contribution in [0.5, 0.6) is 0 Å². The Morgan fingerprint density at radius 2 is 2.11 bits per heavy atom. The van der Waals surface area contributed by atoms with Gasteiger partial charge in [0, 0.05) is 17.7 Å². The van der Waals surface area contributed by atoms with Gasteiger partial charge in [-0.1, -0.05) is 21.3 Å². The highest BCUT2D eigenvalue weighted by Crippen LogP contribution is 2.36. The molecule has 1 fully saturated rings. The first kappa shape index (κ1) is 15.6. The summed E-state index contributed by atoms with van der Waals surface area (Å²) in [6.07, 6.45) is -0.367. The normalized spacial score (nSPS) is 30.1. The first-order chi connectivity index (χ1) is 8.45. The minimum absolute atomic E-state index is 0. The summed E-state index contributed by atoms with van der Waals surface area (Å²) in [5.74, 6) is -0.265. The molecule has 0 aliphatic carbocycles. The number of hydrogen-bond acceptors (Lipinski definition) is 3. The average molecular weight is 272 g/mol. The molecule has 4 unspecified atom stereocenters. The van der Waals surface area contributed by atoms with Gasteiger partial charge in [0.2, 0.25) is 0 Å². The highest BCUT2D eigenvalue weighted by Gasteiger charge is 2.42. The number of halogens is 1. The van der Waals surface area contributed by atoms with Gasteiger partial charge in [-0.15, -0.1) is 0 Å². The van der Waals surface area contributed by atoms with Gasteiger partial charge in [-0.3, -0.25) is 14.3 Å². The van der Waals surface area contributed by atoms with Crippen LogP contribution in [0.2, 0.25) is 0 Å². The third-order valence-electron chi connectivity index (χ3n) is 3.50. The maximum absolute atomic E-state index is 14.1. The van der Waals surface area contributed by atoms with E-state index in [2.05, 4.69) is 4.98 Å². The van der Waals surface area contributed by atoms with Gasteiger partial charge < -0.3 is 4.74 Å². The van der Waals surface area contributed by atoms with E-state index in [1.807, 2.05) is 6.92 Å². The average Bonchev–Trinajstić information content (AvgIpc) is 2.61. The fourth-order valence-electron chi connectivity index (χ4n) is 2.30. The molecule has 6 heteroatoms. The van der Waals surface area contributed by atoms with Crippen molar-refractivity contribution in [1.29, 1.82) is 0 Å². The molecule has 1 aromatic rings. The minimum Gasteiger partial charge on any atom is -0.351 e. The Labute approximate surface area is 111 Å². The van der Waals surface area contributed by atoms with Crippen molar-refractivity contribution in [2.24, 2.45) is 5.92 Å². The van der Waals surface area contributed by atoms with Gasteiger partial charge >= 0.3 is 5.69 Å². The van der Waals surface area contributed by atoms with E-state index in [9.17, 15) is 14.0 Å². The van der Waals surface area contributed by atoms with E-state index < -0.39 is 23.6 Å². The number of nitrogens with zero attached hydrogens (tertiary/aromatic N) is 1. The molecule has 0 spiro atoms. The van der Waals surface area contributed by atoms with E-state index >= 15 is 0 Å². The molecule has 1 aliphatic rings. The largest absolute Gasteiger partial charge is 0.351 e. The number of aromatic amines is 1. The quantitative estimate of drug-likeness (QED) is 0.892. The van der Waals surface area contributed by atoms with Gasteiger partial charge in [0.05, 0.1) is 6.10 Å². The highest BCUT2D eigenvalue weighted by molar-refractivity contribution is 5.02. The molecule has 2 heterocycles. The van der Waals surface area contributed by atoms with E-state index in [1.54, 1.807) is 13.8 Å². The molecule has 0 amide bonds. The van der Waals surface area contributed by atoms with Gasteiger partial charge in [-0.2, -0.15) is 0 Å². The number of hydrogen-bond donors (Lipinski definition) is 1. The summed E-state index contributed by atoms with van der Waals surface area (Å²) in [5, 5.41) is 0. The molecule has 0 bridgehead atoms. The summed E-state index contributed by atoms with van der Waals surface area (Å²) in [5.41, 5.74) is -0.732. The van der Waals surface area contributed by atoms with Crippen molar-refractivity contribution in [3.8, 4) is 0 Å². The molecule has 1 aromatic heterocycles. The lowest BCUT2D eigenvalue weighted by Crippen LogP contribution is -2.35. The number of ether oxygens (including phenoxy) is 1. The van der Waals surface area contributed by atoms with Crippen LogP contribution in [-0.4, -0.2) is 21.8 Å². The van der Waals surface area contributed by atoms with E-state index in [-0.39, 0.29) is 19.4 Å². The Morgan fingerprint density at radius 1 is 1.47 bits per heavy atom. The van der Waals surface area contributed by atoms with Crippen molar-refractivity contribution in [3.05, 3.63) is 32.6 Å². The molecule has 1 N–H and O–H groups in total. The van der Waals surface area contributed by atoms with Gasteiger partial charge in [0.15, 0.2) is 12.4 Å². The Balaban J connectivity index is 0.00000180. The number of alkyl halides is 1. The SMILES string of the molecule is C.CCC1OC(n2cc(C)c(=O)[nH]c2=O)C(F)C1C. The van der Waals surface area contributed by atoms with Gasteiger partial charge in [-0.05, 0) is 13.3 Å². The van der Waals surface area contributed by atoms with Crippen molar-refractivity contribution in [2.75, 3.05) is 0 Å². The second-order valence-electron chi connectivity index (χ2n) is 4.76. The molecule has 0 aromatic carbocycles. The minimum atomic E-state index is -1.25. The molecule has 0 radical (unpaired) electrons. The van der Waals surface area contributed by atoms with Crippen LogP contribution in [0, 0.1) is 12.8 Å². The first-order valence-electron chi connectivity index (χ1n) is 6.07. The lowest BCUT2D eigenvalue weighted by Gasteiger charge is -2.16. The fourth-order valence-corrected chi connectivity index (χ4v) is 2.30. The Hall–Kier alpha value is -1.43. The van der Waals surface area contributed by atoms with Gasteiger partial charge in [-0.25, -0.2) is 9.18 Å². The molecule has 2 rings (SSSR count). The van der Waals surface area contributed by atoms with Crippen LogP contribution in [0.1, 0.15) is 39.5 Å². The molecular formula is C13H21FN2O3. The molecule has 5 nitrogen and oxygen atoms in total. The Kier molecular flexibility index (Phi) is 4.68. The predicted molar refractivity (Wildman–Crippen MR) is 71.1 cm³/mol. The number of rotatable bonds is 2. The van der Waals surface area contributed by atoms with Crippen LogP contribution >= 0.6 is 0 Å². The van der Waals surface area contributed by atoms with Crippen LogP contribution in [0.25, 0.3) is 0 Å². The zero-order valence-corrected chi connectivity index (χ0v) is 10.6. The third-order valence-corrected chi connectivity index (χ3v) is 3.50. The Morgan fingerprint density at radius 3 is 2.63 bits per heavy atom. The lowest BCUT2D eigenvalue weighted by molar-refractivity contribution is -0.0237. The molecule has 0 saturated carbocycles. The zero-order chi connectivity index (χ0) is 13.4. The van der Waals surface area contributed by atoms with E-state index in [4.69, 9.17) is 4.74 Å². The van der Waals surface area contributed by atoms with Crippen molar-refractivity contribution in [1.82, 2.24) is 9.55 Å². The monoisotopic (exact) mass is 272 g/mol. The second-order valence-corrected chi connectivity index (χ2v) is 4.76. The summed E-state index contributed by atoms with van der Waals surface area (Å²) in [6.45, 7) is 5.25. The first-order valence-corrected chi connectivity index (χ1v) is 6.07. The maximum Gasteiger partial charge on any atom is 0.330 e. The van der Waals surface area contributed by atoms with E-state index in [1.165, 1.54) is 6.20 Å². The summed E-state index contributed by atoms with van der Waals surface area (Å²) in [7, 11) is 0. The van der Waals surface area contributed by atoms with Crippen LogP contribution in [-0.2, 0) is 4.74 Å².